The van der Waals surface area contributed by atoms with Gasteiger partial charge in [0.05, 0.1) is 36.8 Å². The van der Waals surface area contributed by atoms with E-state index in [0.717, 1.165) is 6.20 Å². The van der Waals surface area contributed by atoms with Gasteiger partial charge in [-0.15, -0.1) is 10.2 Å². The molecule has 0 atom stereocenters. The fourth-order valence-electron chi connectivity index (χ4n) is 2.42. The van der Waals surface area contributed by atoms with Gasteiger partial charge < -0.3 is 4.74 Å². The number of Topliss-reactive ketones (excluding diaryl/α,β-unsaturated/α-hetero) is 1. The second-order valence-electron chi connectivity index (χ2n) is 5.40. The molecule has 4 aromatic heterocycles. The van der Waals surface area contributed by atoms with Gasteiger partial charge in [0.1, 0.15) is 24.2 Å². The average molecular weight is 350 g/mol. The molecule has 0 aliphatic rings. The lowest BCUT2D eigenvalue weighted by molar-refractivity contribution is 0.0992. The molecule has 0 radical (unpaired) electrons. The summed E-state index contributed by atoms with van der Waals surface area (Å²) in [4.78, 5) is 24.4. The number of carbonyl (C=O) groups is 1. The summed E-state index contributed by atoms with van der Waals surface area (Å²) in [6, 6.07) is 4.30. The van der Waals surface area contributed by atoms with Crippen LogP contribution in [-0.4, -0.2) is 35.3 Å². The molecule has 0 amide bonds. The molecule has 0 spiro atoms. The molecule has 0 unspecified atom stereocenters. The Morgan fingerprint density at radius 2 is 2.00 bits per heavy atom. The third-order valence-corrected chi connectivity index (χ3v) is 3.57. The van der Waals surface area contributed by atoms with Crippen molar-refractivity contribution in [3.63, 3.8) is 0 Å². The zero-order chi connectivity index (χ0) is 17.9. The van der Waals surface area contributed by atoms with Crippen LogP contribution in [0.4, 0.5) is 4.39 Å². The van der Waals surface area contributed by atoms with Gasteiger partial charge >= 0.3 is 0 Å². The number of rotatable bonds is 5. The largest absolute Gasteiger partial charge is 0.453 e. The number of nitrogens with zero attached hydrogens (tertiary/aromatic N) is 6. The molecule has 0 N–H and O–H groups in total. The van der Waals surface area contributed by atoms with E-state index in [4.69, 9.17) is 4.74 Å². The number of fused-ring (bicyclic) bond motifs is 1. The molecule has 4 rings (SSSR count). The molecule has 4 heterocycles. The Bertz CT molecular complexity index is 1070. The highest BCUT2D eigenvalue weighted by Gasteiger charge is 2.16. The predicted molar refractivity (Wildman–Crippen MR) is 87.3 cm³/mol. The molecule has 4 aromatic rings. The molecule has 8 nitrogen and oxygen atoms in total. The number of ether oxygens (including phenoxy) is 1. The third kappa shape index (κ3) is 3.22. The first-order valence-corrected chi connectivity index (χ1v) is 7.59. The van der Waals surface area contributed by atoms with E-state index in [-0.39, 0.29) is 12.2 Å². The molecule has 128 valence electrons. The molecular formula is C17H11FN6O2. The molecule has 0 aromatic carbocycles. The summed E-state index contributed by atoms with van der Waals surface area (Å²) in [6.45, 7) is 0. The predicted octanol–water partition coefficient (Wildman–Crippen LogP) is 2.27. The van der Waals surface area contributed by atoms with Crippen LogP contribution in [0.5, 0.6) is 11.5 Å². The van der Waals surface area contributed by atoms with Gasteiger partial charge in [0, 0.05) is 5.69 Å². The van der Waals surface area contributed by atoms with Crippen LogP contribution >= 0.6 is 0 Å². The van der Waals surface area contributed by atoms with E-state index in [2.05, 4.69) is 25.1 Å². The fourth-order valence-corrected chi connectivity index (χ4v) is 2.42. The first-order valence-electron chi connectivity index (χ1n) is 7.59. The van der Waals surface area contributed by atoms with E-state index in [1.807, 2.05) is 0 Å². The number of halogens is 1. The van der Waals surface area contributed by atoms with Crippen LogP contribution in [0.2, 0.25) is 0 Å². The molecule has 26 heavy (non-hydrogen) atoms. The lowest BCUT2D eigenvalue weighted by atomic mass is 10.1. The maximum Gasteiger partial charge on any atom is 0.172 e. The number of hydrogen-bond donors (Lipinski definition) is 0. The summed E-state index contributed by atoms with van der Waals surface area (Å²) in [7, 11) is 0. The van der Waals surface area contributed by atoms with Crippen molar-refractivity contribution < 1.29 is 13.9 Å². The number of hydrogen-bond acceptors (Lipinski definition) is 7. The first-order chi connectivity index (χ1) is 12.7. The standard InChI is InChI=1S/C17H11FN6O2/c18-11-1-2-12(21-5-11)3-16(25)15-4-13(8-24-10-22-23-17(15)24)26-14-6-19-9-20-7-14/h1-2,4-10H,3H2. The lowest BCUT2D eigenvalue weighted by Crippen LogP contribution is -2.08. The van der Waals surface area contributed by atoms with E-state index in [1.54, 1.807) is 16.7 Å². The van der Waals surface area contributed by atoms with Crippen LogP contribution in [0.25, 0.3) is 5.65 Å². The van der Waals surface area contributed by atoms with Crippen molar-refractivity contribution in [2.24, 2.45) is 0 Å². The number of pyridine rings is 2. The minimum Gasteiger partial charge on any atom is -0.453 e. The number of aromatic nitrogens is 6. The molecule has 0 saturated heterocycles. The zero-order valence-electron chi connectivity index (χ0n) is 13.3. The Morgan fingerprint density at radius 3 is 2.77 bits per heavy atom. The second-order valence-corrected chi connectivity index (χ2v) is 5.40. The summed E-state index contributed by atoms with van der Waals surface area (Å²) < 4.78 is 20.3. The zero-order valence-corrected chi connectivity index (χ0v) is 13.3. The number of ketones is 1. The fraction of sp³-hybridized carbons (Fsp3) is 0.0588. The highest BCUT2D eigenvalue weighted by molar-refractivity contribution is 6.02. The van der Waals surface area contributed by atoms with Crippen molar-refractivity contribution in [1.82, 2.24) is 29.5 Å². The normalized spacial score (nSPS) is 10.8. The van der Waals surface area contributed by atoms with Crippen LogP contribution in [0.3, 0.4) is 0 Å². The molecule has 0 aliphatic heterocycles. The van der Waals surface area contributed by atoms with Gasteiger partial charge in [-0.25, -0.2) is 14.4 Å². The van der Waals surface area contributed by atoms with E-state index >= 15 is 0 Å². The summed E-state index contributed by atoms with van der Waals surface area (Å²) in [5.41, 5.74) is 1.17. The van der Waals surface area contributed by atoms with Crippen LogP contribution < -0.4 is 4.74 Å². The van der Waals surface area contributed by atoms with Gasteiger partial charge in [-0.2, -0.15) is 0 Å². The smallest absolute Gasteiger partial charge is 0.172 e. The van der Waals surface area contributed by atoms with Gasteiger partial charge in [-0.1, -0.05) is 0 Å². The van der Waals surface area contributed by atoms with Crippen molar-refractivity contribution in [3.05, 3.63) is 72.7 Å². The highest BCUT2D eigenvalue weighted by atomic mass is 19.1. The molecule has 9 heteroatoms. The quantitative estimate of drug-likeness (QED) is 0.510. The third-order valence-electron chi connectivity index (χ3n) is 3.57. The van der Waals surface area contributed by atoms with Crippen molar-refractivity contribution >= 4 is 11.4 Å². The first kappa shape index (κ1) is 15.8. The number of carbonyl (C=O) groups excluding carboxylic acids is 1. The topological polar surface area (TPSA) is 95.2 Å². The molecule has 0 fully saturated rings. The Kier molecular flexibility index (Phi) is 4.02. The van der Waals surface area contributed by atoms with E-state index in [9.17, 15) is 9.18 Å². The van der Waals surface area contributed by atoms with Crippen LogP contribution in [0, 0.1) is 5.82 Å². The highest BCUT2D eigenvalue weighted by Crippen LogP contribution is 2.23. The second kappa shape index (κ2) is 6.63. The molecular weight excluding hydrogens is 339 g/mol. The summed E-state index contributed by atoms with van der Waals surface area (Å²) in [6.07, 6.45) is 8.60. The van der Waals surface area contributed by atoms with Gasteiger partial charge in [-0.05, 0) is 18.2 Å². The van der Waals surface area contributed by atoms with Crippen molar-refractivity contribution in [2.45, 2.75) is 6.42 Å². The summed E-state index contributed by atoms with van der Waals surface area (Å²) in [5, 5.41) is 7.80. The van der Waals surface area contributed by atoms with Crippen LogP contribution in [0.1, 0.15) is 16.1 Å². The Labute approximate surface area is 146 Å². The minimum absolute atomic E-state index is 0.000696. The van der Waals surface area contributed by atoms with Crippen molar-refractivity contribution in [2.75, 3.05) is 0 Å². The average Bonchev–Trinajstić information content (AvgIpc) is 3.12. The SMILES string of the molecule is O=C(Cc1ccc(F)cn1)c1cc(Oc2cncnc2)cn2cnnc12. The van der Waals surface area contributed by atoms with Crippen molar-refractivity contribution in [3.8, 4) is 11.5 Å². The van der Waals surface area contributed by atoms with E-state index < -0.39 is 5.82 Å². The van der Waals surface area contributed by atoms with Crippen LogP contribution in [0.15, 0.2) is 55.6 Å². The Morgan fingerprint density at radius 1 is 1.15 bits per heavy atom. The van der Waals surface area contributed by atoms with E-state index in [1.165, 1.54) is 37.2 Å². The molecule has 0 bridgehead atoms. The maximum atomic E-state index is 13.0. The molecule has 0 aliphatic carbocycles. The summed E-state index contributed by atoms with van der Waals surface area (Å²) >= 11 is 0. The van der Waals surface area contributed by atoms with Crippen molar-refractivity contribution in [1.29, 1.82) is 0 Å². The Hall–Kier alpha value is -3.75. The monoisotopic (exact) mass is 350 g/mol. The Balaban J connectivity index is 1.67. The van der Waals surface area contributed by atoms with Gasteiger partial charge in [0.2, 0.25) is 0 Å². The summed E-state index contributed by atoms with van der Waals surface area (Å²) in [5.74, 6) is 0.138. The minimum atomic E-state index is -0.457. The molecule has 0 saturated carbocycles. The van der Waals surface area contributed by atoms with Gasteiger partial charge in [0.15, 0.2) is 17.2 Å². The van der Waals surface area contributed by atoms with Gasteiger partial charge in [0.25, 0.3) is 0 Å². The van der Waals surface area contributed by atoms with Gasteiger partial charge in [-0.3, -0.25) is 14.2 Å². The lowest BCUT2D eigenvalue weighted by Gasteiger charge is -2.08. The maximum absolute atomic E-state index is 13.0. The van der Waals surface area contributed by atoms with Crippen LogP contribution in [-0.2, 0) is 6.42 Å². The van der Waals surface area contributed by atoms with E-state index in [0.29, 0.717) is 28.4 Å².